The van der Waals surface area contributed by atoms with Crippen LogP contribution in [0.15, 0.2) is 46.9 Å². The molecule has 98 valence electrons. The zero-order valence-electron chi connectivity index (χ0n) is 9.77. The Hall–Kier alpha value is -1.52. The van der Waals surface area contributed by atoms with Crippen LogP contribution in [-0.4, -0.2) is 11.1 Å². The number of hydrogen-bond acceptors (Lipinski definition) is 2. The molecule has 5 heteroatoms. The van der Waals surface area contributed by atoms with Crippen LogP contribution in [0.2, 0.25) is 5.02 Å². The van der Waals surface area contributed by atoms with Crippen molar-refractivity contribution in [2.75, 3.05) is 0 Å². The standard InChI is InChI=1S/C14H10BrClO3/c15-12-7-10(16)6-11(14(17)18)13(12)19-8-9-4-2-1-3-5-9/h1-7H,8H2,(H,17,18). The number of aromatic carboxylic acids is 1. The molecule has 0 unspecified atom stereocenters. The lowest BCUT2D eigenvalue weighted by Crippen LogP contribution is -2.04. The van der Waals surface area contributed by atoms with Crippen molar-refractivity contribution in [3.05, 3.63) is 63.1 Å². The maximum Gasteiger partial charge on any atom is 0.339 e. The van der Waals surface area contributed by atoms with Crippen LogP contribution < -0.4 is 4.74 Å². The summed E-state index contributed by atoms with van der Waals surface area (Å²) in [7, 11) is 0. The van der Waals surface area contributed by atoms with Gasteiger partial charge in [0.2, 0.25) is 0 Å². The monoisotopic (exact) mass is 340 g/mol. The summed E-state index contributed by atoms with van der Waals surface area (Å²) < 4.78 is 6.11. The molecule has 0 heterocycles. The van der Waals surface area contributed by atoms with E-state index in [0.717, 1.165) is 5.56 Å². The number of carboxylic acid groups (broad SMARTS) is 1. The summed E-state index contributed by atoms with van der Waals surface area (Å²) in [6.45, 7) is 0.293. The first-order chi connectivity index (χ1) is 9.08. The van der Waals surface area contributed by atoms with Crippen molar-refractivity contribution >= 4 is 33.5 Å². The van der Waals surface area contributed by atoms with Gasteiger partial charge in [0.25, 0.3) is 0 Å². The van der Waals surface area contributed by atoms with Crippen molar-refractivity contribution in [1.29, 1.82) is 0 Å². The molecular formula is C14H10BrClO3. The molecule has 3 nitrogen and oxygen atoms in total. The minimum Gasteiger partial charge on any atom is -0.487 e. The Labute approximate surface area is 123 Å². The van der Waals surface area contributed by atoms with E-state index >= 15 is 0 Å². The normalized spacial score (nSPS) is 10.2. The van der Waals surface area contributed by atoms with Crippen LogP contribution >= 0.6 is 27.5 Å². The van der Waals surface area contributed by atoms with Gasteiger partial charge in [-0.15, -0.1) is 0 Å². The Morgan fingerprint density at radius 1 is 1.26 bits per heavy atom. The van der Waals surface area contributed by atoms with E-state index in [2.05, 4.69) is 15.9 Å². The largest absolute Gasteiger partial charge is 0.487 e. The molecule has 2 aromatic rings. The molecule has 0 spiro atoms. The second-order valence-corrected chi connectivity index (χ2v) is 5.13. The summed E-state index contributed by atoms with van der Waals surface area (Å²) in [6, 6.07) is 12.5. The average molecular weight is 342 g/mol. The molecule has 0 amide bonds. The highest BCUT2D eigenvalue weighted by Crippen LogP contribution is 2.33. The van der Waals surface area contributed by atoms with E-state index in [1.807, 2.05) is 30.3 Å². The smallest absolute Gasteiger partial charge is 0.339 e. The third-order valence-corrected chi connectivity index (χ3v) is 3.27. The van der Waals surface area contributed by atoms with Crippen LogP contribution in [-0.2, 0) is 6.61 Å². The Morgan fingerprint density at radius 2 is 1.95 bits per heavy atom. The Balaban J connectivity index is 2.27. The maximum absolute atomic E-state index is 11.2. The number of benzene rings is 2. The van der Waals surface area contributed by atoms with E-state index < -0.39 is 5.97 Å². The van der Waals surface area contributed by atoms with Gasteiger partial charge in [0, 0.05) is 5.02 Å². The first-order valence-electron chi connectivity index (χ1n) is 5.47. The van der Waals surface area contributed by atoms with Crippen LogP contribution in [0.25, 0.3) is 0 Å². The van der Waals surface area contributed by atoms with Gasteiger partial charge in [-0.2, -0.15) is 0 Å². The summed E-state index contributed by atoms with van der Waals surface area (Å²) in [5, 5.41) is 9.50. The van der Waals surface area contributed by atoms with E-state index in [-0.39, 0.29) is 11.3 Å². The van der Waals surface area contributed by atoms with E-state index in [1.54, 1.807) is 6.07 Å². The van der Waals surface area contributed by atoms with Gasteiger partial charge in [-0.3, -0.25) is 0 Å². The second kappa shape index (κ2) is 6.08. The lowest BCUT2D eigenvalue weighted by atomic mass is 10.2. The van der Waals surface area contributed by atoms with Crippen LogP contribution in [0.3, 0.4) is 0 Å². The first-order valence-corrected chi connectivity index (χ1v) is 6.64. The Kier molecular flexibility index (Phi) is 4.45. The Bertz CT molecular complexity index is 599. The highest BCUT2D eigenvalue weighted by molar-refractivity contribution is 9.10. The number of halogens is 2. The second-order valence-electron chi connectivity index (χ2n) is 3.84. The molecule has 2 rings (SSSR count). The Morgan fingerprint density at radius 3 is 2.58 bits per heavy atom. The summed E-state index contributed by atoms with van der Waals surface area (Å²) in [5.41, 5.74) is 0.996. The van der Waals surface area contributed by atoms with Gasteiger partial charge in [0.1, 0.15) is 17.9 Å². The minimum absolute atomic E-state index is 0.0373. The summed E-state index contributed by atoms with van der Waals surface area (Å²) in [5.74, 6) is -0.799. The minimum atomic E-state index is -1.08. The lowest BCUT2D eigenvalue weighted by Gasteiger charge is -2.11. The van der Waals surface area contributed by atoms with E-state index in [9.17, 15) is 4.79 Å². The predicted octanol–water partition coefficient (Wildman–Crippen LogP) is 4.38. The van der Waals surface area contributed by atoms with E-state index in [0.29, 0.717) is 16.1 Å². The summed E-state index contributed by atoms with van der Waals surface area (Å²) in [6.07, 6.45) is 0. The third-order valence-electron chi connectivity index (χ3n) is 2.46. The predicted molar refractivity (Wildman–Crippen MR) is 76.9 cm³/mol. The van der Waals surface area contributed by atoms with Gasteiger partial charge in [-0.05, 0) is 33.6 Å². The van der Waals surface area contributed by atoms with Crippen molar-refractivity contribution < 1.29 is 14.6 Å². The quantitative estimate of drug-likeness (QED) is 0.897. The van der Waals surface area contributed by atoms with Gasteiger partial charge in [0.15, 0.2) is 0 Å². The van der Waals surface area contributed by atoms with E-state index in [4.69, 9.17) is 21.4 Å². The SMILES string of the molecule is O=C(O)c1cc(Cl)cc(Br)c1OCc1ccccc1. The highest BCUT2D eigenvalue weighted by Gasteiger charge is 2.16. The van der Waals surface area contributed by atoms with Crippen LogP contribution in [0.4, 0.5) is 0 Å². The van der Waals surface area contributed by atoms with Crippen LogP contribution in [0.1, 0.15) is 15.9 Å². The van der Waals surface area contributed by atoms with Gasteiger partial charge in [-0.25, -0.2) is 4.79 Å². The van der Waals surface area contributed by atoms with Crippen LogP contribution in [0.5, 0.6) is 5.75 Å². The molecule has 0 aliphatic carbocycles. The molecule has 0 fully saturated rings. The topological polar surface area (TPSA) is 46.5 Å². The average Bonchev–Trinajstić information content (AvgIpc) is 2.38. The molecule has 2 aromatic carbocycles. The summed E-state index contributed by atoms with van der Waals surface area (Å²) in [4.78, 5) is 11.2. The highest BCUT2D eigenvalue weighted by atomic mass is 79.9. The molecule has 0 saturated carbocycles. The van der Waals surface area contributed by atoms with Crippen molar-refractivity contribution in [3.63, 3.8) is 0 Å². The molecule has 0 atom stereocenters. The molecular weight excluding hydrogens is 332 g/mol. The molecule has 0 aliphatic heterocycles. The maximum atomic E-state index is 11.2. The third kappa shape index (κ3) is 3.49. The number of rotatable bonds is 4. The molecule has 0 aliphatic rings. The zero-order valence-corrected chi connectivity index (χ0v) is 12.1. The number of ether oxygens (including phenoxy) is 1. The zero-order chi connectivity index (χ0) is 13.8. The number of carbonyl (C=O) groups is 1. The van der Waals surface area contributed by atoms with Crippen molar-refractivity contribution in [2.45, 2.75) is 6.61 Å². The molecule has 19 heavy (non-hydrogen) atoms. The fourth-order valence-electron chi connectivity index (χ4n) is 1.60. The molecule has 0 bridgehead atoms. The van der Waals surface area contributed by atoms with Gasteiger partial charge in [-0.1, -0.05) is 41.9 Å². The van der Waals surface area contributed by atoms with Crippen molar-refractivity contribution in [3.8, 4) is 5.75 Å². The fraction of sp³-hybridized carbons (Fsp3) is 0.0714. The number of hydrogen-bond donors (Lipinski definition) is 1. The fourth-order valence-corrected chi connectivity index (χ4v) is 2.52. The van der Waals surface area contributed by atoms with Crippen LogP contribution in [0, 0.1) is 0 Å². The van der Waals surface area contributed by atoms with Gasteiger partial charge >= 0.3 is 5.97 Å². The first kappa shape index (κ1) is 13.9. The van der Waals surface area contributed by atoms with Crippen molar-refractivity contribution in [2.24, 2.45) is 0 Å². The van der Waals surface area contributed by atoms with Gasteiger partial charge in [0.05, 0.1) is 4.47 Å². The lowest BCUT2D eigenvalue weighted by molar-refractivity contribution is 0.0691. The molecule has 0 radical (unpaired) electrons. The molecule has 0 saturated heterocycles. The van der Waals surface area contributed by atoms with Gasteiger partial charge < -0.3 is 9.84 Å². The number of carboxylic acids is 1. The van der Waals surface area contributed by atoms with Crippen molar-refractivity contribution in [1.82, 2.24) is 0 Å². The molecule has 0 aromatic heterocycles. The summed E-state index contributed by atoms with van der Waals surface area (Å²) >= 11 is 9.10. The molecule has 1 N–H and O–H groups in total. The van der Waals surface area contributed by atoms with E-state index in [1.165, 1.54) is 6.07 Å².